The molecule has 2 aromatic rings. The van der Waals surface area contributed by atoms with E-state index >= 15 is 0 Å². The Hall–Kier alpha value is -1.24. The molecule has 1 aliphatic rings. The minimum atomic E-state index is 0.0635. The van der Waals surface area contributed by atoms with Gasteiger partial charge in [-0.25, -0.2) is 0 Å². The molecule has 0 bridgehead atoms. The van der Waals surface area contributed by atoms with Crippen LogP contribution in [0, 0.1) is 13.8 Å². The van der Waals surface area contributed by atoms with E-state index in [-0.39, 0.29) is 11.9 Å². The van der Waals surface area contributed by atoms with Crippen LogP contribution in [0.5, 0.6) is 0 Å². The average molecular weight is 451 g/mol. The first-order valence-electron chi connectivity index (χ1n) is 9.48. The normalized spacial score (nSPS) is 16.3. The summed E-state index contributed by atoms with van der Waals surface area (Å²) < 4.78 is 6.76. The summed E-state index contributed by atoms with van der Waals surface area (Å²) in [6.45, 7) is 6.86. The molecule has 0 aliphatic carbocycles. The van der Waals surface area contributed by atoms with E-state index in [1.807, 2.05) is 12.1 Å². The van der Waals surface area contributed by atoms with Gasteiger partial charge in [0.15, 0.2) is 0 Å². The SMILES string of the molecule is Cc1cc(SCC(=O)NCC(c2ccco2)N2CCCCC2)c(C)cc1Br. The topological polar surface area (TPSA) is 45.5 Å². The quantitative estimate of drug-likeness (QED) is 0.596. The molecular weight excluding hydrogens is 424 g/mol. The van der Waals surface area contributed by atoms with Gasteiger partial charge in [-0.05, 0) is 75.2 Å². The minimum Gasteiger partial charge on any atom is -0.468 e. The standard InChI is InChI=1S/C21H27BrN2O2S/c1-15-12-20(16(2)11-17(15)22)27-14-21(25)23-13-18(19-7-6-10-26-19)24-8-4-3-5-9-24/h6-7,10-12,18H,3-5,8-9,13-14H2,1-2H3,(H,23,25). The number of halogens is 1. The number of carbonyl (C=O) groups is 1. The van der Waals surface area contributed by atoms with E-state index in [1.165, 1.54) is 30.4 Å². The molecule has 1 atom stereocenters. The van der Waals surface area contributed by atoms with E-state index < -0.39 is 0 Å². The van der Waals surface area contributed by atoms with Gasteiger partial charge >= 0.3 is 0 Å². The number of nitrogens with zero attached hydrogens (tertiary/aromatic N) is 1. The fraction of sp³-hybridized carbons (Fsp3) is 0.476. The molecule has 27 heavy (non-hydrogen) atoms. The molecule has 3 rings (SSSR count). The Labute approximate surface area is 174 Å². The van der Waals surface area contributed by atoms with Crippen LogP contribution in [0.25, 0.3) is 0 Å². The average Bonchev–Trinajstić information content (AvgIpc) is 3.19. The van der Waals surface area contributed by atoms with Crippen LogP contribution in [0.3, 0.4) is 0 Å². The summed E-state index contributed by atoms with van der Waals surface area (Å²) in [5.74, 6) is 1.42. The van der Waals surface area contributed by atoms with Crippen molar-refractivity contribution in [2.75, 3.05) is 25.4 Å². The van der Waals surface area contributed by atoms with Gasteiger partial charge in [-0.1, -0.05) is 22.4 Å². The van der Waals surface area contributed by atoms with Crippen LogP contribution in [-0.2, 0) is 4.79 Å². The fourth-order valence-corrected chi connectivity index (χ4v) is 4.83. The van der Waals surface area contributed by atoms with Crippen molar-refractivity contribution in [2.45, 2.75) is 44.0 Å². The van der Waals surface area contributed by atoms with Gasteiger partial charge in [0.25, 0.3) is 0 Å². The van der Waals surface area contributed by atoms with Crippen molar-refractivity contribution in [3.63, 3.8) is 0 Å². The molecule has 0 spiro atoms. The lowest BCUT2D eigenvalue weighted by atomic mass is 10.1. The lowest BCUT2D eigenvalue weighted by Gasteiger charge is -2.33. The summed E-state index contributed by atoms with van der Waals surface area (Å²) in [4.78, 5) is 16.0. The molecule has 146 valence electrons. The zero-order valence-corrected chi connectivity index (χ0v) is 18.4. The van der Waals surface area contributed by atoms with Gasteiger partial charge in [0.1, 0.15) is 5.76 Å². The number of amides is 1. The highest BCUT2D eigenvalue weighted by molar-refractivity contribution is 9.10. The van der Waals surface area contributed by atoms with Crippen molar-refractivity contribution in [3.8, 4) is 0 Å². The molecule has 1 aromatic carbocycles. The van der Waals surface area contributed by atoms with Gasteiger partial charge in [-0.3, -0.25) is 9.69 Å². The summed E-state index contributed by atoms with van der Waals surface area (Å²) in [5, 5.41) is 3.11. The Morgan fingerprint density at radius 1 is 1.26 bits per heavy atom. The molecular formula is C21H27BrN2O2S. The fourth-order valence-electron chi connectivity index (χ4n) is 3.44. The third-order valence-electron chi connectivity index (χ3n) is 5.01. The second-order valence-corrected chi connectivity index (χ2v) is 8.96. The maximum Gasteiger partial charge on any atom is 0.230 e. The highest BCUT2D eigenvalue weighted by Gasteiger charge is 2.24. The number of rotatable bonds is 7. The number of carbonyl (C=O) groups excluding carboxylic acids is 1. The third-order valence-corrected chi connectivity index (χ3v) is 7.02. The van der Waals surface area contributed by atoms with Crippen molar-refractivity contribution >= 4 is 33.6 Å². The smallest absolute Gasteiger partial charge is 0.230 e. The Bertz CT molecular complexity index is 758. The van der Waals surface area contributed by atoms with Gasteiger partial charge in [-0.2, -0.15) is 0 Å². The predicted octanol–water partition coefficient (Wildman–Crippen LogP) is 5.09. The maximum absolute atomic E-state index is 12.4. The molecule has 1 aliphatic heterocycles. The molecule has 4 nitrogen and oxygen atoms in total. The van der Waals surface area contributed by atoms with E-state index in [9.17, 15) is 4.79 Å². The number of hydrogen-bond donors (Lipinski definition) is 1. The van der Waals surface area contributed by atoms with E-state index in [1.54, 1.807) is 18.0 Å². The monoisotopic (exact) mass is 450 g/mol. The van der Waals surface area contributed by atoms with Crippen LogP contribution in [0.1, 0.15) is 42.2 Å². The van der Waals surface area contributed by atoms with Gasteiger partial charge in [0.2, 0.25) is 5.91 Å². The highest BCUT2D eigenvalue weighted by atomic mass is 79.9. The number of furan rings is 1. The minimum absolute atomic E-state index is 0.0635. The molecule has 1 saturated heterocycles. The maximum atomic E-state index is 12.4. The van der Waals surface area contributed by atoms with Gasteiger partial charge in [0, 0.05) is 15.9 Å². The molecule has 0 saturated carbocycles. The lowest BCUT2D eigenvalue weighted by molar-refractivity contribution is -0.118. The number of hydrogen-bond acceptors (Lipinski definition) is 4. The second kappa shape index (κ2) is 9.80. The first kappa shape index (κ1) is 20.5. The van der Waals surface area contributed by atoms with Gasteiger partial charge < -0.3 is 9.73 Å². The summed E-state index contributed by atoms with van der Waals surface area (Å²) in [7, 11) is 0. The van der Waals surface area contributed by atoms with E-state index in [0.29, 0.717) is 12.3 Å². The number of benzene rings is 1. The Morgan fingerprint density at radius 2 is 2.04 bits per heavy atom. The molecule has 1 amide bonds. The van der Waals surface area contributed by atoms with Crippen molar-refractivity contribution in [3.05, 3.63) is 51.9 Å². The van der Waals surface area contributed by atoms with E-state index in [2.05, 4.69) is 52.1 Å². The Balaban J connectivity index is 1.55. The second-order valence-electron chi connectivity index (χ2n) is 7.09. The zero-order chi connectivity index (χ0) is 19.2. The van der Waals surface area contributed by atoms with Gasteiger partial charge in [-0.15, -0.1) is 11.8 Å². The van der Waals surface area contributed by atoms with Crippen LogP contribution in [0.15, 0.2) is 44.3 Å². The van der Waals surface area contributed by atoms with Crippen molar-refractivity contribution in [1.29, 1.82) is 0 Å². The van der Waals surface area contributed by atoms with Gasteiger partial charge in [0.05, 0.1) is 18.1 Å². The first-order valence-corrected chi connectivity index (χ1v) is 11.3. The molecule has 1 N–H and O–H groups in total. The largest absolute Gasteiger partial charge is 0.468 e. The van der Waals surface area contributed by atoms with Crippen molar-refractivity contribution < 1.29 is 9.21 Å². The van der Waals surface area contributed by atoms with Crippen LogP contribution in [-0.4, -0.2) is 36.2 Å². The lowest BCUT2D eigenvalue weighted by Crippen LogP contribution is -2.40. The summed E-state index contributed by atoms with van der Waals surface area (Å²) in [6.07, 6.45) is 5.42. The molecule has 0 radical (unpaired) electrons. The zero-order valence-electron chi connectivity index (χ0n) is 16.0. The highest BCUT2D eigenvalue weighted by Crippen LogP contribution is 2.28. The van der Waals surface area contributed by atoms with E-state index in [4.69, 9.17) is 4.42 Å². The Kier molecular flexibility index (Phi) is 7.44. The van der Waals surface area contributed by atoms with Crippen molar-refractivity contribution in [1.82, 2.24) is 10.2 Å². The number of likely N-dealkylation sites (tertiary alicyclic amines) is 1. The predicted molar refractivity (Wildman–Crippen MR) is 114 cm³/mol. The molecule has 1 aromatic heterocycles. The summed E-state index contributed by atoms with van der Waals surface area (Å²) in [5.41, 5.74) is 2.37. The third kappa shape index (κ3) is 5.62. The van der Waals surface area contributed by atoms with Crippen LogP contribution in [0.4, 0.5) is 0 Å². The molecule has 1 fully saturated rings. The molecule has 6 heteroatoms. The summed E-state index contributed by atoms with van der Waals surface area (Å²) >= 11 is 5.15. The first-order chi connectivity index (χ1) is 13.0. The van der Waals surface area contributed by atoms with Crippen LogP contribution >= 0.6 is 27.7 Å². The Morgan fingerprint density at radius 3 is 2.74 bits per heavy atom. The number of piperidine rings is 1. The van der Waals surface area contributed by atoms with Crippen molar-refractivity contribution in [2.24, 2.45) is 0 Å². The number of nitrogens with one attached hydrogen (secondary N) is 1. The van der Waals surface area contributed by atoms with E-state index in [0.717, 1.165) is 28.2 Å². The van der Waals surface area contributed by atoms with Crippen LogP contribution < -0.4 is 5.32 Å². The van der Waals surface area contributed by atoms with Crippen LogP contribution in [0.2, 0.25) is 0 Å². The summed E-state index contributed by atoms with van der Waals surface area (Å²) in [6, 6.07) is 8.29. The molecule has 1 unspecified atom stereocenters. The molecule has 2 heterocycles. The number of aryl methyl sites for hydroxylation is 2. The number of thioether (sulfide) groups is 1.